The average Bonchev–Trinajstić information content (AvgIpc) is 2.57. The Bertz CT molecular complexity index is 461. The second-order valence-electron chi connectivity index (χ2n) is 5.68. The molecular weight excluding hydrogens is 297 g/mol. The minimum absolute atomic E-state index is 0.0764. The van der Waals surface area contributed by atoms with Crippen molar-refractivity contribution in [1.82, 2.24) is 15.5 Å². The Morgan fingerprint density at radius 3 is 2.61 bits per heavy atom. The third kappa shape index (κ3) is 7.54. The van der Waals surface area contributed by atoms with Crippen LogP contribution in [-0.4, -0.2) is 63.3 Å². The predicted octanol–water partition coefficient (Wildman–Crippen LogP) is 0.796. The molecule has 0 unspecified atom stereocenters. The third-order valence-electron chi connectivity index (χ3n) is 3.89. The van der Waals surface area contributed by atoms with E-state index in [0.29, 0.717) is 19.5 Å². The summed E-state index contributed by atoms with van der Waals surface area (Å²) in [6.07, 6.45) is 1.31. The van der Waals surface area contributed by atoms with Crippen molar-refractivity contribution in [2.24, 2.45) is 0 Å². The van der Waals surface area contributed by atoms with Gasteiger partial charge in [-0.2, -0.15) is 0 Å². The molecule has 1 aromatic rings. The molecule has 0 radical (unpaired) electrons. The minimum atomic E-state index is -0.213. The van der Waals surface area contributed by atoms with E-state index in [1.807, 2.05) is 0 Å². The summed E-state index contributed by atoms with van der Waals surface area (Å²) in [6.45, 7) is 6.47. The highest BCUT2D eigenvalue weighted by Crippen LogP contribution is 2.02. The molecule has 1 heterocycles. The van der Waals surface area contributed by atoms with Crippen molar-refractivity contribution in [2.45, 2.75) is 12.8 Å². The topological polar surface area (TPSA) is 53.6 Å². The van der Waals surface area contributed by atoms with Crippen LogP contribution in [0.1, 0.15) is 12.0 Å². The fourth-order valence-corrected chi connectivity index (χ4v) is 2.48. The quantitative estimate of drug-likeness (QED) is 0.660. The summed E-state index contributed by atoms with van der Waals surface area (Å²) >= 11 is 0. The first kappa shape index (κ1) is 17.8. The van der Waals surface area contributed by atoms with E-state index in [1.54, 1.807) is 12.1 Å². The summed E-state index contributed by atoms with van der Waals surface area (Å²) in [4.78, 5) is 14.0. The van der Waals surface area contributed by atoms with E-state index in [4.69, 9.17) is 4.74 Å². The van der Waals surface area contributed by atoms with Gasteiger partial charge in [0.05, 0.1) is 13.2 Å². The van der Waals surface area contributed by atoms with Crippen LogP contribution in [-0.2, 0) is 16.0 Å². The number of hydrogen-bond acceptors (Lipinski definition) is 4. The molecule has 128 valence electrons. The zero-order chi connectivity index (χ0) is 16.3. The zero-order valence-corrected chi connectivity index (χ0v) is 13.5. The predicted molar refractivity (Wildman–Crippen MR) is 87.9 cm³/mol. The van der Waals surface area contributed by atoms with Crippen molar-refractivity contribution < 1.29 is 13.9 Å². The number of hydrogen-bond donors (Lipinski definition) is 2. The number of carbonyl (C=O) groups is 1. The lowest BCUT2D eigenvalue weighted by Gasteiger charge is -2.26. The smallest absolute Gasteiger partial charge is 0.221 e. The SMILES string of the molecule is O=C(CCNCCc1ccc(F)cc1)NCCN1CCOCC1. The summed E-state index contributed by atoms with van der Waals surface area (Å²) in [7, 11) is 0. The van der Waals surface area contributed by atoms with Crippen molar-refractivity contribution in [1.29, 1.82) is 0 Å². The first-order valence-corrected chi connectivity index (χ1v) is 8.26. The van der Waals surface area contributed by atoms with Crippen molar-refractivity contribution in [3.05, 3.63) is 35.6 Å². The Morgan fingerprint density at radius 1 is 1.13 bits per heavy atom. The number of benzene rings is 1. The molecule has 0 saturated carbocycles. The summed E-state index contributed by atoms with van der Waals surface area (Å²) in [5.74, 6) is -0.136. The van der Waals surface area contributed by atoms with Crippen LogP contribution in [0.15, 0.2) is 24.3 Å². The summed E-state index contributed by atoms with van der Waals surface area (Å²) in [5.41, 5.74) is 1.09. The van der Waals surface area contributed by atoms with Gasteiger partial charge >= 0.3 is 0 Å². The second kappa shape index (κ2) is 10.3. The van der Waals surface area contributed by atoms with Crippen LogP contribution >= 0.6 is 0 Å². The van der Waals surface area contributed by atoms with Crippen LogP contribution in [0.5, 0.6) is 0 Å². The van der Waals surface area contributed by atoms with E-state index in [-0.39, 0.29) is 11.7 Å². The first-order chi connectivity index (χ1) is 11.2. The minimum Gasteiger partial charge on any atom is -0.379 e. The van der Waals surface area contributed by atoms with Crippen LogP contribution < -0.4 is 10.6 Å². The molecule has 0 aliphatic carbocycles. The van der Waals surface area contributed by atoms with Gasteiger partial charge in [-0.15, -0.1) is 0 Å². The Morgan fingerprint density at radius 2 is 1.87 bits per heavy atom. The molecular formula is C17H26FN3O2. The van der Waals surface area contributed by atoms with Gasteiger partial charge in [-0.05, 0) is 30.7 Å². The van der Waals surface area contributed by atoms with Gasteiger partial charge in [0.2, 0.25) is 5.91 Å². The molecule has 0 spiro atoms. The average molecular weight is 323 g/mol. The van der Waals surface area contributed by atoms with Crippen molar-refractivity contribution in [3.63, 3.8) is 0 Å². The monoisotopic (exact) mass is 323 g/mol. The van der Waals surface area contributed by atoms with Crippen LogP contribution in [0.4, 0.5) is 4.39 Å². The number of amides is 1. The number of nitrogens with one attached hydrogen (secondary N) is 2. The summed E-state index contributed by atoms with van der Waals surface area (Å²) < 4.78 is 18.1. The van der Waals surface area contributed by atoms with Crippen molar-refractivity contribution >= 4 is 5.91 Å². The Balaban J connectivity index is 1.45. The van der Waals surface area contributed by atoms with Gasteiger partial charge in [-0.3, -0.25) is 9.69 Å². The van der Waals surface area contributed by atoms with Gasteiger partial charge in [0.15, 0.2) is 0 Å². The number of nitrogens with zero attached hydrogens (tertiary/aromatic N) is 1. The fourth-order valence-electron chi connectivity index (χ4n) is 2.48. The summed E-state index contributed by atoms with van der Waals surface area (Å²) in [6, 6.07) is 6.51. The number of ether oxygens (including phenoxy) is 1. The molecule has 1 aliphatic rings. The lowest BCUT2D eigenvalue weighted by atomic mass is 10.1. The maximum atomic E-state index is 12.8. The van der Waals surface area contributed by atoms with Gasteiger partial charge in [0.1, 0.15) is 5.82 Å². The normalized spacial score (nSPS) is 15.5. The number of halogens is 1. The Labute approximate surface area is 137 Å². The van der Waals surface area contributed by atoms with E-state index in [9.17, 15) is 9.18 Å². The zero-order valence-electron chi connectivity index (χ0n) is 13.5. The maximum absolute atomic E-state index is 12.8. The first-order valence-electron chi connectivity index (χ1n) is 8.26. The van der Waals surface area contributed by atoms with Gasteiger partial charge < -0.3 is 15.4 Å². The second-order valence-corrected chi connectivity index (χ2v) is 5.68. The van der Waals surface area contributed by atoms with Crippen LogP contribution in [0, 0.1) is 5.82 Å². The lowest BCUT2D eigenvalue weighted by Crippen LogP contribution is -2.41. The Kier molecular flexibility index (Phi) is 8.00. The summed E-state index contributed by atoms with van der Waals surface area (Å²) in [5, 5.41) is 6.18. The standard InChI is InChI=1S/C17H26FN3O2/c18-16-3-1-15(2-4-16)5-7-19-8-6-17(22)20-9-10-21-11-13-23-14-12-21/h1-4,19H,5-14H2,(H,20,22). The Hall–Kier alpha value is -1.50. The number of morpholine rings is 1. The third-order valence-corrected chi connectivity index (χ3v) is 3.89. The molecule has 1 aromatic carbocycles. The van der Waals surface area contributed by atoms with Gasteiger partial charge in [-0.1, -0.05) is 12.1 Å². The van der Waals surface area contributed by atoms with Crippen LogP contribution in [0.25, 0.3) is 0 Å². The molecule has 0 aromatic heterocycles. The molecule has 1 aliphatic heterocycles. The van der Waals surface area contributed by atoms with E-state index in [0.717, 1.165) is 51.4 Å². The highest BCUT2D eigenvalue weighted by molar-refractivity contribution is 5.76. The number of rotatable bonds is 9. The molecule has 1 saturated heterocycles. The van der Waals surface area contributed by atoms with E-state index in [1.165, 1.54) is 12.1 Å². The molecule has 1 amide bonds. The molecule has 6 heteroatoms. The highest BCUT2D eigenvalue weighted by Gasteiger charge is 2.09. The van der Waals surface area contributed by atoms with Crippen LogP contribution in [0.2, 0.25) is 0 Å². The van der Waals surface area contributed by atoms with E-state index >= 15 is 0 Å². The van der Waals surface area contributed by atoms with E-state index < -0.39 is 0 Å². The van der Waals surface area contributed by atoms with Gasteiger partial charge in [0.25, 0.3) is 0 Å². The van der Waals surface area contributed by atoms with Crippen LogP contribution in [0.3, 0.4) is 0 Å². The van der Waals surface area contributed by atoms with Crippen molar-refractivity contribution in [3.8, 4) is 0 Å². The fraction of sp³-hybridized carbons (Fsp3) is 0.588. The molecule has 0 atom stereocenters. The molecule has 1 fully saturated rings. The molecule has 2 N–H and O–H groups in total. The maximum Gasteiger partial charge on any atom is 0.221 e. The van der Waals surface area contributed by atoms with Gasteiger partial charge in [-0.25, -0.2) is 4.39 Å². The molecule has 0 bridgehead atoms. The number of carbonyl (C=O) groups excluding carboxylic acids is 1. The largest absolute Gasteiger partial charge is 0.379 e. The molecule has 23 heavy (non-hydrogen) atoms. The lowest BCUT2D eigenvalue weighted by molar-refractivity contribution is -0.121. The molecule has 5 nitrogen and oxygen atoms in total. The van der Waals surface area contributed by atoms with E-state index in [2.05, 4.69) is 15.5 Å². The highest BCUT2D eigenvalue weighted by atomic mass is 19.1. The molecule has 2 rings (SSSR count). The van der Waals surface area contributed by atoms with Crippen molar-refractivity contribution in [2.75, 3.05) is 52.5 Å². The van der Waals surface area contributed by atoms with Gasteiger partial charge in [0, 0.05) is 39.1 Å².